The minimum atomic E-state index is -0.545. The minimum Gasteiger partial charge on any atom is -0.468 e. The number of nitrogens with zero attached hydrogens (tertiary/aromatic N) is 2. The molecule has 1 aromatic carbocycles. The smallest absolute Gasteiger partial charge is 0.319 e. The second-order valence-electron chi connectivity index (χ2n) is 4.89. The number of hydrogen-bond donors (Lipinski definition) is 0. The minimum absolute atomic E-state index is 0.191. The molecule has 1 fully saturated rings. The molecule has 0 aliphatic heterocycles. The van der Waals surface area contributed by atoms with Gasteiger partial charge in [-0.1, -0.05) is 11.6 Å². The zero-order chi connectivity index (χ0) is 13.6. The SMILES string of the molecule is CCn1c(C2(C(=O)OC)CC2)nc2cc(Cl)ccc21. The molecule has 2 aromatic rings. The van der Waals surface area contributed by atoms with Crippen molar-refractivity contribution in [3.05, 3.63) is 29.0 Å². The quantitative estimate of drug-likeness (QED) is 0.811. The number of rotatable bonds is 3. The third-order valence-electron chi connectivity index (χ3n) is 3.78. The summed E-state index contributed by atoms with van der Waals surface area (Å²) in [5.74, 6) is 0.614. The van der Waals surface area contributed by atoms with E-state index in [1.165, 1.54) is 7.11 Å². The molecule has 1 aromatic heterocycles. The summed E-state index contributed by atoms with van der Waals surface area (Å²) in [6.45, 7) is 2.82. The van der Waals surface area contributed by atoms with Gasteiger partial charge in [0, 0.05) is 11.6 Å². The molecule has 1 heterocycles. The molecular weight excluding hydrogens is 264 g/mol. The Morgan fingerprint density at radius 3 is 2.84 bits per heavy atom. The third-order valence-corrected chi connectivity index (χ3v) is 4.02. The Balaban J connectivity index is 2.21. The molecule has 0 bridgehead atoms. The number of fused-ring (bicyclic) bond motifs is 1. The summed E-state index contributed by atoms with van der Waals surface area (Å²) in [4.78, 5) is 16.6. The number of carbonyl (C=O) groups excluding carboxylic acids is 1. The molecule has 0 amide bonds. The van der Waals surface area contributed by atoms with Gasteiger partial charge in [-0.3, -0.25) is 4.79 Å². The summed E-state index contributed by atoms with van der Waals surface area (Å²) in [7, 11) is 1.43. The van der Waals surface area contributed by atoms with Crippen LogP contribution in [0.1, 0.15) is 25.6 Å². The van der Waals surface area contributed by atoms with E-state index in [1.54, 1.807) is 0 Å². The first kappa shape index (κ1) is 12.5. The van der Waals surface area contributed by atoms with Gasteiger partial charge in [-0.15, -0.1) is 0 Å². The average molecular weight is 279 g/mol. The number of hydrogen-bond acceptors (Lipinski definition) is 3. The van der Waals surface area contributed by atoms with Gasteiger partial charge in [-0.05, 0) is 38.0 Å². The number of esters is 1. The molecule has 0 spiro atoms. The molecule has 1 aliphatic rings. The van der Waals surface area contributed by atoms with Gasteiger partial charge < -0.3 is 9.30 Å². The van der Waals surface area contributed by atoms with Crippen molar-refractivity contribution in [2.75, 3.05) is 7.11 Å². The molecule has 0 atom stereocenters. The standard InChI is InChI=1S/C14H15ClN2O2/c1-3-17-11-5-4-9(15)8-10(11)16-12(17)14(6-7-14)13(18)19-2/h4-5,8H,3,6-7H2,1-2H3. The highest BCUT2D eigenvalue weighted by molar-refractivity contribution is 6.31. The lowest BCUT2D eigenvalue weighted by atomic mass is 10.1. The van der Waals surface area contributed by atoms with Crippen molar-refractivity contribution in [1.29, 1.82) is 0 Å². The molecule has 1 aliphatic carbocycles. The van der Waals surface area contributed by atoms with Crippen molar-refractivity contribution in [3.63, 3.8) is 0 Å². The topological polar surface area (TPSA) is 44.1 Å². The molecule has 1 saturated carbocycles. The van der Waals surface area contributed by atoms with Crippen LogP contribution in [0.15, 0.2) is 18.2 Å². The third kappa shape index (κ3) is 1.74. The van der Waals surface area contributed by atoms with Crippen LogP contribution in [0, 0.1) is 0 Å². The van der Waals surface area contributed by atoms with E-state index in [0.29, 0.717) is 5.02 Å². The molecule has 0 N–H and O–H groups in total. The fourth-order valence-electron chi connectivity index (χ4n) is 2.63. The van der Waals surface area contributed by atoms with Crippen LogP contribution in [-0.4, -0.2) is 22.6 Å². The van der Waals surface area contributed by atoms with Gasteiger partial charge in [0.15, 0.2) is 0 Å². The van der Waals surface area contributed by atoms with Crippen molar-refractivity contribution in [2.45, 2.75) is 31.7 Å². The van der Waals surface area contributed by atoms with Crippen LogP contribution in [0.4, 0.5) is 0 Å². The predicted molar refractivity (Wildman–Crippen MR) is 73.3 cm³/mol. The lowest BCUT2D eigenvalue weighted by Crippen LogP contribution is -2.26. The number of aryl methyl sites for hydroxylation is 1. The summed E-state index contributed by atoms with van der Waals surface area (Å²) in [6, 6.07) is 5.63. The Labute approximate surface area is 116 Å². The number of aromatic nitrogens is 2. The molecule has 3 rings (SSSR count). The normalized spacial score (nSPS) is 16.6. The molecule has 5 heteroatoms. The maximum atomic E-state index is 12.0. The molecular formula is C14H15ClN2O2. The first-order valence-corrected chi connectivity index (χ1v) is 6.75. The van der Waals surface area contributed by atoms with E-state index in [-0.39, 0.29) is 5.97 Å². The first-order valence-electron chi connectivity index (χ1n) is 6.37. The summed E-state index contributed by atoms with van der Waals surface area (Å²) < 4.78 is 7.01. The molecule has 19 heavy (non-hydrogen) atoms. The van der Waals surface area contributed by atoms with Crippen LogP contribution in [0.5, 0.6) is 0 Å². The Bertz CT molecular complexity index is 659. The van der Waals surface area contributed by atoms with Crippen molar-refractivity contribution in [2.24, 2.45) is 0 Å². The van der Waals surface area contributed by atoms with Crippen molar-refractivity contribution >= 4 is 28.6 Å². The summed E-state index contributed by atoms with van der Waals surface area (Å²) in [5.41, 5.74) is 1.30. The number of benzene rings is 1. The van der Waals surface area contributed by atoms with E-state index in [2.05, 4.69) is 9.55 Å². The molecule has 100 valence electrons. The number of ether oxygens (including phenoxy) is 1. The Morgan fingerprint density at radius 2 is 2.26 bits per heavy atom. The Hall–Kier alpha value is -1.55. The lowest BCUT2D eigenvalue weighted by Gasteiger charge is -2.14. The summed E-state index contributed by atoms with van der Waals surface area (Å²) >= 11 is 6.00. The van der Waals surface area contributed by atoms with Gasteiger partial charge in [0.1, 0.15) is 11.2 Å². The van der Waals surface area contributed by atoms with Gasteiger partial charge in [-0.2, -0.15) is 0 Å². The second kappa shape index (κ2) is 4.23. The van der Waals surface area contributed by atoms with Gasteiger partial charge in [0.05, 0.1) is 18.1 Å². The van der Waals surface area contributed by atoms with E-state index in [1.807, 2.05) is 25.1 Å². The van der Waals surface area contributed by atoms with Crippen LogP contribution in [-0.2, 0) is 21.5 Å². The molecule has 4 nitrogen and oxygen atoms in total. The van der Waals surface area contributed by atoms with Gasteiger partial charge in [0.25, 0.3) is 0 Å². The molecule has 0 saturated heterocycles. The number of carbonyl (C=O) groups is 1. The fraction of sp³-hybridized carbons (Fsp3) is 0.429. The van der Waals surface area contributed by atoms with Crippen molar-refractivity contribution < 1.29 is 9.53 Å². The van der Waals surface area contributed by atoms with Gasteiger partial charge in [0.2, 0.25) is 0 Å². The van der Waals surface area contributed by atoms with E-state index >= 15 is 0 Å². The van der Waals surface area contributed by atoms with Crippen LogP contribution >= 0.6 is 11.6 Å². The molecule has 0 unspecified atom stereocenters. The van der Waals surface area contributed by atoms with Crippen LogP contribution in [0.2, 0.25) is 5.02 Å². The summed E-state index contributed by atoms with van der Waals surface area (Å²) in [6.07, 6.45) is 1.60. The fourth-order valence-corrected chi connectivity index (χ4v) is 2.79. The van der Waals surface area contributed by atoms with Gasteiger partial charge >= 0.3 is 5.97 Å². The second-order valence-corrected chi connectivity index (χ2v) is 5.32. The van der Waals surface area contributed by atoms with Crippen LogP contribution < -0.4 is 0 Å². The predicted octanol–water partition coefficient (Wildman–Crippen LogP) is 2.91. The molecule has 0 radical (unpaired) electrons. The largest absolute Gasteiger partial charge is 0.468 e. The number of methoxy groups -OCH3 is 1. The number of imidazole rings is 1. The van der Waals surface area contributed by atoms with Gasteiger partial charge in [-0.25, -0.2) is 4.98 Å². The Morgan fingerprint density at radius 1 is 1.53 bits per heavy atom. The lowest BCUT2D eigenvalue weighted by molar-refractivity contribution is -0.144. The summed E-state index contributed by atoms with van der Waals surface area (Å²) in [5, 5.41) is 0.655. The van der Waals surface area contributed by atoms with Crippen LogP contribution in [0.3, 0.4) is 0 Å². The van der Waals surface area contributed by atoms with E-state index in [9.17, 15) is 4.79 Å². The highest BCUT2D eigenvalue weighted by Crippen LogP contribution is 2.49. The maximum Gasteiger partial charge on any atom is 0.319 e. The van der Waals surface area contributed by atoms with E-state index in [4.69, 9.17) is 16.3 Å². The zero-order valence-electron chi connectivity index (χ0n) is 10.9. The highest BCUT2D eigenvalue weighted by Gasteiger charge is 2.56. The van der Waals surface area contributed by atoms with Crippen molar-refractivity contribution in [3.8, 4) is 0 Å². The number of halogens is 1. The zero-order valence-corrected chi connectivity index (χ0v) is 11.7. The van der Waals surface area contributed by atoms with Crippen molar-refractivity contribution in [1.82, 2.24) is 9.55 Å². The monoisotopic (exact) mass is 278 g/mol. The average Bonchev–Trinajstić information content (AvgIpc) is 3.14. The first-order chi connectivity index (χ1) is 9.12. The maximum absolute atomic E-state index is 12.0. The van der Waals surface area contributed by atoms with E-state index in [0.717, 1.165) is 36.2 Å². The van der Waals surface area contributed by atoms with E-state index < -0.39 is 5.41 Å². The van der Waals surface area contributed by atoms with Crippen LogP contribution in [0.25, 0.3) is 11.0 Å². The highest BCUT2D eigenvalue weighted by atomic mass is 35.5. The Kier molecular flexibility index (Phi) is 2.78.